The molecule has 1 aliphatic rings. The molecule has 0 saturated carbocycles. The van der Waals surface area contributed by atoms with Gasteiger partial charge in [-0.2, -0.15) is 0 Å². The van der Waals surface area contributed by atoms with E-state index in [-0.39, 0.29) is 6.04 Å². The summed E-state index contributed by atoms with van der Waals surface area (Å²) in [4.78, 5) is 0.349. The van der Waals surface area contributed by atoms with Crippen molar-refractivity contribution in [1.29, 1.82) is 0 Å². The van der Waals surface area contributed by atoms with Crippen molar-refractivity contribution in [2.24, 2.45) is 0 Å². The first-order chi connectivity index (χ1) is 8.49. The Kier molecular flexibility index (Phi) is 4.42. The van der Waals surface area contributed by atoms with Crippen LogP contribution < -0.4 is 10.0 Å². The molecular formula is C12H17BrN2O2S. The van der Waals surface area contributed by atoms with Crippen LogP contribution >= 0.6 is 15.9 Å². The third-order valence-corrected chi connectivity index (χ3v) is 5.21. The molecule has 1 unspecified atom stereocenters. The van der Waals surface area contributed by atoms with Crippen LogP contribution in [-0.2, 0) is 10.0 Å². The molecule has 6 heteroatoms. The summed E-state index contributed by atoms with van der Waals surface area (Å²) in [6.45, 7) is 3.47. The molecule has 0 amide bonds. The van der Waals surface area contributed by atoms with Crippen LogP contribution in [0.15, 0.2) is 27.6 Å². The molecule has 0 aromatic heterocycles. The van der Waals surface area contributed by atoms with Gasteiger partial charge >= 0.3 is 0 Å². The van der Waals surface area contributed by atoms with Gasteiger partial charge in [-0.25, -0.2) is 13.1 Å². The molecule has 1 aliphatic heterocycles. The quantitative estimate of drug-likeness (QED) is 0.887. The first kappa shape index (κ1) is 14.0. The van der Waals surface area contributed by atoms with Crippen LogP contribution in [0.25, 0.3) is 0 Å². The first-order valence-corrected chi connectivity index (χ1v) is 8.26. The lowest BCUT2D eigenvalue weighted by Gasteiger charge is -2.24. The minimum atomic E-state index is -3.43. The zero-order chi connectivity index (χ0) is 13.2. The van der Waals surface area contributed by atoms with Crippen molar-refractivity contribution < 1.29 is 8.42 Å². The Labute approximate surface area is 116 Å². The molecule has 0 aliphatic carbocycles. The van der Waals surface area contributed by atoms with Crippen LogP contribution in [-0.4, -0.2) is 27.5 Å². The Balaban J connectivity index is 2.21. The molecule has 1 atom stereocenters. The van der Waals surface area contributed by atoms with Gasteiger partial charge in [-0.15, -0.1) is 0 Å². The number of rotatable bonds is 3. The number of hydrogen-bond acceptors (Lipinski definition) is 3. The van der Waals surface area contributed by atoms with E-state index in [4.69, 9.17) is 0 Å². The maximum atomic E-state index is 12.3. The lowest BCUT2D eigenvalue weighted by atomic mass is 10.1. The third-order valence-electron chi connectivity index (χ3n) is 3.06. The van der Waals surface area contributed by atoms with Crippen LogP contribution in [0.4, 0.5) is 0 Å². The zero-order valence-electron chi connectivity index (χ0n) is 10.2. The minimum absolute atomic E-state index is 0.0119. The Morgan fingerprint density at radius 2 is 2.22 bits per heavy atom. The summed E-state index contributed by atoms with van der Waals surface area (Å²) in [5.41, 5.74) is 0.759. The summed E-state index contributed by atoms with van der Waals surface area (Å²) in [7, 11) is -3.43. The third kappa shape index (κ3) is 3.32. The maximum Gasteiger partial charge on any atom is 0.241 e. The number of nitrogens with one attached hydrogen (secondary N) is 2. The summed E-state index contributed by atoms with van der Waals surface area (Å²) in [5, 5.41) is 3.20. The molecule has 1 fully saturated rings. The number of benzene rings is 1. The Bertz CT molecular complexity index is 525. The highest BCUT2D eigenvalue weighted by Crippen LogP contribution is 2.21. The molecule has 2 rings (SSSR count). The van der Waals surface area contributed by atoms with E-state index in [2.05, 4.69) is 26.0 Å². The number of aryl methyl sites for hydroxylation is 1. The fourth-order valence-corrected chi connectivity index (χ4v) is 4.15. The molecule has 2 N–H and O–H groups in total. The van der Waals surface area contributed by atoms with Crippen molar-refractivity contribution in [3.63, 3.8) is 0 Å². The van der Waals surface area contributed by atoms with E-state index in [0.717, 1.165) is 29.4 Å². The number of halogens is 1. The van der Waals surface area contributed by atoms with E-state index in [9.17, 15) is 8.42 Å². The summed E-state index contributed by atoms with van der Waals surface area (Å²) in [6.07, 6.45) is 1.89. The van der Waals surface area contributed by atoms with E-state index in [0.29, 0.717) is 11.4 Å². The molecule has 1 heterocycles. The average Bonchev–Trinajstić information content (AvgIpc) is 2.33. The standard InChI is InChI=1S/C12H17BrN2O2S/c1-9-4-5-10(13)7-12(9)18(16,17)15-11-3-2-6-14-8-11/h4-5,7,11,14-15H,2-3,6,8H2,1H3. The van der Waals surface area contributed by atoms with Crippen LogP contribution in [0.2, 0.25) is 0 Å². The summed E-state index contributed by atoms with van der Waals surface area (Å²) in [5.74, 6) is 0. The molecule has 1 aromatic carbocycles. The van der Waals surface area contributed by atoms with Crippen molar-refractivity contribution in [3.05, 3.63) is 28.2 Å². The largest absolute Gasteiger partial charge is 0.315 e. The molecule has 100 valence electrons. The fraction of sp³-hybridized carbons (Fsp3) is 0.500. The van der Waals surface area contributed by atoms with E-state index in [1.165, 1.54) is 0 Å². The van der Waals surface area contributed by atoms with Gasteiger partial charge in [-0.3, -0.25) is 0 Å². The van der Waals surface area contributed by atoms with Crippen LogP contribution in [0.3, 0.4) is 0 Å². The monoisotopic (exact) mass is 332 g/mol. The first-order valence-electron chi connectivity index (χ1n) is 5.98. The van der Waals surface area contributed by atoms with Gasteiger partial charge in [-0.05, 0) is 44.0 Å². The maximum absolute atomic E-state index is 12.3. The molecule has 0 radical (unpaired) electrons. The smallest absolute Gasteiger partial charge is 0.241 e. The molecule has 18 heavy (non-hydrogen) atoms. The average molecular weight is 333 g/mol. The van der Waals surface area contributed by atoms with E-state index in [1.54, 1.807) is 19.1 Å². The van der Waals surface area contributed by atoms with Crippen molar-refractivity contribution in [2.45, 2.75) is 30.7 Å². The van der Waals surface area contributed by atoms with Gasteiger partial charge in [0.15, 0.2) is 0 Å². The van der Waals surface area contributed by atoms with Crippen molar-refractivity contribution in [2.75, 3.05) is 13.1 Å². The van der Waals surface area contributed by atoms with Crippen LogP contribution in [0, 0.1) is 6.92 Å². The normalized spacial score (nSPS) is 20.9. The van der Waals surface area contributed by atoms with Gasteiger partial charge in [0.1, 0.15) is 0 Å². The number of hydrogen-bond donors (Lipinski definition) is 2. The highest BCUT2D eigenvalue weighted by molar-refractivity contribution is 9.10. The lowest BCUT2D eigenvalue weighted by Crippen LogP contribution is -2.45. The van der Waals surface area contributed by atoms with Gasteiger partial charge < -0.3 is 5.32 Å². The minimum Gasteiger partial charge on any atom is -0.315 e. The van der Waals surface area contributed by atoms with Gasteiger partial charge in [0.05, 0.1) is 4.90 Å². The Morgan fingerprint density at radius 3 is 2.89 bits per heavy atom. The fourth-order valence-electron chi connectivity index (χ4n) is 2.10. The summed E-state index contributed by atoms with van der Waals surface area (Å²) in [6, 6.07) is 5.28. The lowest BCUT2D eigenvalue weighted by molar-refractivity contribution is 0.428. The topological polar surface area (TPSA) is 58.2 Å². The van der Waals surface area contributed by atoms with Gasteiger partial charge in [0.25, 0.3) is 0 Å². The second kappa shape index (κ2) is 5.69. The second-order valence-electron chi connectivity index (χ2n) is 4.57. The Hall–Kier alpha value is -0.430. The van der Waals surface area contributed by atoms with Crippen molar-refractivity contribution >= 4 is 26.0 Å². The zero-order valence-corrected chi connectivity index (χ0v) is 12.6. The highest BCUT2D eigenvalue weighted by atomic mass is 79.9. The highest BCUT2D eigenvalue weighted by Gasteiger charge is 2.23. The predicted octanol–water partition coefficient (Wildman–Crippen LogP) is 1.79. The number of sulfonamides is 1. The van der Waals surface area contributed by atoms with E-state index in [1.807, 2.05) is 6.07 Å². The van der Waals surface area contributed by atoms with E-state index < -0.39 is 10.0 Å². The molecule has 1 aromatic rings. The van der Waals surface area contributed by atoms with Crippen LogP contribution in [0.5, 0.6) is 0 Å². The molecule has 0 bridgehead atoms. The molecular weight excluding hydrogens is 316 g/mol. The van der Waals surface area contributed by atoms with Crippen LogP contribution in [0.1, 0.15) is 18.4 Å². The van der Waals surface area contributed by atoms with E-state index >= 15 is 0 Å². The molecule has 4 nitrogen and oxygen atoms in total. The Morgan fingerprint density at radius 1 is 1.44 bits per heavy atom. The molecule has 0 spiro atoms. The van der Waals surface area contributed by atoms with Gasteiger partial charge in [-0.1, -0.05) is 22.0 Å². The summed E-state index contributed by atoms with van der Waals surface area (Å²) >= 11 is 3.31. The summed E-state index contributed by atoms with van der Waals surface area (Å²) < 4.78 is 28.2. The van der Waals surface area contributed by atoms with Crippen molar-refractivity contribution in [3.8, 4) is 0 Å². The van der Waals surface area contributed by atoms with Gasteiger partial charge in [0.2, 0.25) is 10.0 Å². The second-order valence-corrected chi connectivity index (χ2v) is 7.17. The number of piperidine rings is 1. The predicted molar refractivity (Wildman–Crippen MR) is 75.1 cm³/mol. The molecule has 1 saturated heterocycles. The SMILES string of the molecule is Cc1ccc(Br)cc1S(=O)(=O)NC1CCCNC1. The van der Waals surface area contributed by atoms with Crippen molar-refractivity contribution in [1.82, 2.24) is 10.0 Å². The van der Waals surface area contributed by atoms with Gasteiger partial charge in [0, 0.05) is 17.1 Å².